The van der Waals surface area contributed by atoms with Crippen molar-refractivity contribution in [1.29, 1.82) is 0 Å². The summed E-state index contributed by atoms with van der Waals surface area (Å²) in [5.74, 6) is 0.160. The molecule has 2 aliphatic heterocycles. The maximum absolute atomic E-state index is 12.4. The fraction of sp³-hybridized carbons (Fsp3) is 0.733. The van der Waals surface area contributed by atoms with Crippen LogP contribution in [0.25, 0.3) is 0 Å². The average molecular weight is 327 g/mol. The Hall–Kier alpha value is -1.11. The smallest absolute Gasteiger partial charge is 0.251 e. The number of halogens is 1. The highest BCUT2D eigenvalue weighted by molar-refractivity contribution is 6.31. The van der Waals surface area contributed by atoms with Crippen LogP contribution in [0.4, 0.5) is 0 Å². The van der Waals surface area contributed by atoms with Gasteiger partial charge in [0.05, 0.1) is 16.4 Å². The molecule has 22 heavy (non-hydrogen) atoms. The number of ether oxygens (including phenoxy) is 1. The number of carbonyl (C=O) groups excluding carboxylic acids is 1. The number of aromatic amines is 1. The van der Waals surface area contributed by atoms with Crippen LogP contribution >= 0.6 is 11.6 Å². The van der Waals surface area contributed by atoms with Crippen LogP contribution in [0.1, 0.15) is 30.7 Å². The normalized spacial score (nSPS) is 23.7. The molecule has 2 saturated heterocycles. The lowest BCUT2D eigenvalue weighted by atomic mass is 10.2. The number of nitrogens with zero attached hydrogens (tertiary/aromatic N) is 3. The summed E-state index contributed by atoms with van der Waals surface area (Å²) in [6, 6.07) is 0. The first-order chi connectivity index (χ1) is 10.6. The fourth-order valence-electron chi connectivity index (χ4n) is 3.11. The van der Waals surface area contributed by atoms with Crippen LogP contribution in [0.5, 0.6) is 0 Å². The number of nitrogens with one attached hydrogen (secondary N) is 1. The van der Waals surface area contributed by atoms with Crippen LogP contribution in [0.3, 0.4) is 0 Å². The maximum Gasteiger partial charge on any atom is 0.251 e. The van der Waals surface area contributed by atoms with Crippen molar-refractivity contribution in [3.05, 3.63) is 16.4 Å². The summed E-state index contributed by atoms with van der Waals surface area (Å²) < 4.78 is 5.51. The summed E-state index contributed by atoms with van der Waals surface area (Å²) in [7, 11) is 0. The summed E-state index contributed by atoms with van der Waals surface area (Å²) in [5, 5.41) is 7.89. The predicted molar refractivity (Wildman–Crippen MR) is 83.8 cm³/mol. The first-order valence-corrected chi connectivity index (χ1v) is 8.35. The quantitative estimate of drug-likeness (QED) is 0.916. The SMILES string of the molecule is Cc1[nH]nc(CN2CCCN(C(=O)C3CCCO3)CC2)c1Cl. The van der Waals surface area contributed by atoms with Gasteiger partial charge in [0.15, 0.2) is 0 Å². The molecule has 0 spiro atoms. The van der Waals surface area contributed by atoms with Gasteiger partial charge in [-0.25, -0.2) is 0 Å². The van der Waals surface area contributed by atoms with Crippen molar-refractivity contribution >= 4 is 17.5 Å². The Bertz CT molecular complexity index is 528. The highest BCUT2D eigenvalue weighted by Crippen LogP contribution is 2.20. The molecule has 1 aromatic rings. The number of hydrogen-bond donors (Lipinski definition) is 1. The highest BCUT2D eigenvalue weighted by Gasteiger charge is 2.29. The zero-order valence-electron chi connectivity index (χ0n) is 13.0. The van der Waals surface area contributed by atoms with Crippen molar-refractivity contribution < 1.29 is 9.53 Å². The highest BCUT2D eigenvalue weighted by atomic mass is 35.5. The van der Waals surface area contributed by atoms with Crippen molar-refractivity contribution in [2.75, 3.05) is 32.8 Å². The summed E-state index contributed by atoms with van der Waals surface area (Å²) in [5.41, 5.74) is 1.79. The molecule has 2 aliphatic rings. The minimum absolute atomic E-state index is 0.160. The summed E-state index contributed by atoms with van der Waals surface area (Å²) in [6.45, 7) is 6.72. The van der Waals surface area contributed by atoms with E-state index in [0.29, 0.717) is 6.61 Å². The zero-order chi connectivity index (χ0) is 15.5. The van der Waals surface area contributed by atoms with Crippen LogP contribution in [-0.4, -0.2) is 64.8 Å². The molecule has 0 aromatic carbocycles. The van der Waals surface area contributed by atoms with E-state index in [0.717, 1.165) is 68.4 Å². The van der Waals surface area contributed by atoms with Crippen molar-refractivity contribution in [3.63, 3.8) is 0 Å². The third kappa shape index (κ3) is 3.45. The molecule has 1 N–H and O–H groups in total. The second-order valence-corrected chi connectivity index (χ2v) is 6.44. The number of aromatic nitrogens is 2. The molecule has 2 fully saturated rings. The lowest BCUT2D eigenvalue weighted by Gasteiger charge is -2.24. The number of aryl methyl sites for hydroxylation is 1. The molecule has 0 radical (unpaired) electrons. The molecule has 0 bridgehead atoms. The lowest BCUT2D eigenvalue weighted by Crippen LogP contribution is -2.41. The van der Waals surface area contributed by atoms with Gasteiger partial charge in [-0.15, -0.1) is 0 Å². The largest absolute Gasteiger partial charge is 0.368 e. The molecule has 3 heterocycles. The van der Waals surface area contributed by atoms with Gasteiger partial charge in [0.1, 0.15) is 6.10 Å². The Balaban J connectivity index is 1.55. The summed E-state index contributed by atoms with van der Waals surface area (Å²) in [6.07, 6.45) is 2.61. The van der Waals surface area contributed by atoms with E-state index in [1.54, 1.807) is 0 Å². The van der Waals surface area contributed by atoms with Crippen molar-refractivity contribution in [2.45, 2.75) is 38.8 Å². The van der Waals surface area contributed by atoms with Crippen molar-refractivity contribution in [3.8, 4) is 0 Å². The van der Waals surface area contributed by atoms with Crippen LogP contribution in [-0.2, 0) is 16.1 Å². The van der Waals surface area contributed by atoms with Crippen LogP contribution < -0.4 is 0 Å². The molecule has 1 unspecified atom stereocenters. The van der Waals surface area contributed by atoms with Gasteiger partial charge >= 0.3 is 0 Å². The Morgan fingerprint density at radius 3 is 2.91 bits per heavy atom. The number of hydrogen-bond acceptors (Lipinski definition) is 4. The molecule has 1 aromatic heterocycles. The molecule has 7 heteroatoms. The molecule has 1 amide bonds. The topological polar surface area (TPSA) is 61.5 Å². The number of carbonyl (C=O) groups is 1. The van der Waals surface area contributed by atoms with E-state index >= 15 is 0 Å². The molecule has 6 nitrogen and oxygen atoms in total. The summed E-state index contributed by atoms with van der Waals surface area (Å²) in [4.78, 5) is 16.7. The van der Waals surface area contributed by atoms with Gasteiger partial charge in [0.2, 0.25) is 0 Å². The lowest BCUT2D eigenvalue weighted by molar-refractivity contribution is -0.140. The number of rotatable bonds is 3. The van der Waals surface area contributed by atoms with Crippen LogP contribution in [0, 0.1) is 6.92 Å². The van der Waals surface area contributed by atoms with Crippen LogP contribution in [0.2, 0.25) is 5.02 Å². The van der Waals surface area contributed by atoms with Gasteiger partial charge in [-0.3, -0.25) is 14.8 Å². The van der Waals surface area contributed by atoms with E-state index in [9.17, 15) is 4.79 Å². The minimum atomic E-state index is -0.213. The van der Waals surface area contributed by atoms with Gasteiger partial charge in [-0.1, -0.05) is 11.6 Å². The van der Waals surface area contributed by atoms with E-state index in [2.05, 4.69) is 15.1 Å². The standard InChI is InChI=1S/C15H23ClN4O2/c1-11-14(16)12(18-17-11)10-19-5-3-6-20(8-7-19)15(21)13-4-2-9-22-13/h13H,2-10H2,1H3,(H,17,18). The zero-order valence-corrected chi connectivity index (χ0v) is 13.7. The number of H-pyrrole nitrogens is 1. The fourth-order valence-corrected chi connectivity index (χ4v) is 3.25. The first kappa shape index (κ1) is 15.8. The van der Waals surface area contributed by atoms with Gasteiger partial charge in [0.25, 0.3) is 5.91 Å². The van der Waals surface area contributed by atoms with Gasteiger partial charge in [-0.05, 0) is 26.2 Å². The van der Waals surface area contributed by atoms with Gasteiger partial charge in [-0.2, -0.15) is 5.10 Å². The second kappa shape index (κ2) is 6.98. The average Bonchev–Trinajstić information content (AvgIpc) is 3.08. The first-order valence-electron chi connectivity index (χ1n) is 7.97. The van der Waals surface area contributed by atoms with Gasteiger partial charge in [0, 0.05) is 39.3 Å². The second-order valence-electron chi connectivity index (χ2n) is 6.07. The monoisotopic (exact) mass is 326 g/mol. The molecule has 0 aliphatic carbocycles. The van der Waals surface area contributed by atoms with Crippen LogP contribution in [0.15, 0.2) is 0 Å². The van der Waals surface area contributed by atoms with E-state index in [-0.39, 0.29) is 12.0 Å². The Morgan fingerprint density at radius 1 is 1.36 bits per heavy atom. The Morgan fingerprint density at radius 2 is 2.23 bits per heavy atom. The maximum atomic E-state index is 12.4. The molecule has 3 rings (SSSR count). The molecular weight excluding hydrogens is 304 g/mol. The molecule has 122 valence electrons. The minimum Gasteiger partial charge on any atom is -0.368 e. The van der Waals surface area contributed by atoms with E-state index < -0.39 is 0 Å². The Kier molecular flexibility index (Phi) is 5.00. The number of amides is 1. The third-order valence-electron chi connectivity index (χ3n) is 4.42. The molecular formula is C15H23ClN4O2. The van der Waals surface area contributed by atoms with E-state index in [1.165, 1.54) is 0 Å². The van der Waals surface area contributed by atoms with Gasteiger partial charge < -0.3 is 9.64 Å². The molecule has 0 saturated carbocycles. The third-order valence-corrected chi connectivity index (χ3v) is 4.92. The van der Waals surface area contributed by atoms with E-state index in [1.807, 2.05) is 11.8 Å². The van der Waals surface area contributed by atoms with Crippen molar-refractivity contribution in [1.82, 2.24) is 20.0 Å². The van der Waals surface area contributed by atoms with E-state index in [4.69, 9.17) is 16.3 Å². The molecule has 1 atom stereocenters. The van der Waals surface area contributed by atoms with Crippen molar-refractivity contribution in [2.24, 2.45) is 0 Å². The Labute approximate surface area is 135 Å². The predicted octanol–water partition coefficient (Wildman–Crippen LogP) is 1.58. The summed E-state index contributed by atoms with van der Waals surface area (Å²) >= 11 is 6.23.